The van der Waals surface area contributed by atoms with Gasteiger partial charge in [-0.15, -0.1) is 0 Å². The van der Waals surface area contributed by atoms with E-state index in [4.69, 9.17) is 0 Å². The topological polar surface area (TPSA) is 18.5 Å². The molecular formula is C13H29N3. The molecule has 3 heteroatoms. The van der Waals surface area contributed by atoms with Gasteiger partial charge in [-0.2, -0.15) is 0 Å². The fraction of sp³-hybridized carbons (Fsp3) is 1.00. The van der Waals surface area contributed by atoms with Crippen molar-refractivity contribution >= 4 is 0 Å². The number of piperazine rings is 1. The van der Waals surface area contributed by atoms with Crippen LogP contribution in [0.15, 0.2) is 0 Å². The van der Waals surface area contributed by atoms with E-state index in [0.717, 1.165) is 12.5 Å². The summed E-state index contributed by atoms with van der Waals surface area (Å²) in [6.45, 7) is 16.3. The minimum absolute atomic E-state index is 0.246. The monoisotopic (exact) mass is 227 g/mol. The van der Waals surface area contributed by atoms with Gasteiger partial charge in [0.25, 0.3) is 0 Å². The molecule has 1 aliphatic heterocycles. The molecule has 0 bridgehead atoms. The lowest BCUT2D eigenvalue weighted by molar-refractivity contribution is 0.136. The fourth-order valence-electron chi connectivity index (χ4n) is 2.02. The largest absolute Gasteiger partial charge is 0.312 e. The number of hydrogen-bond donors (Lipinski definition) is 1. The van der Waals surface area contributed by atoms with Crippen LogP contribution < -0.4 is 5.32 Å². The summed E-state index contributed by atoms with van der Waals surface area (Å²) in [6.07, 6.45) is 0. The Kier molecular flexibility index (Phi) is 5.22. The number of nitrogens with one attached hydrogen (secondary N) is 1. The van der Waals surface area contributed by atoms with Gasteiger partial charge < -0.3 is 15.1 Å². The van der Waals surface area contributed by atoms with Crippen LogP contribution in [-0.4, -0.2) is 61.7 Å². The molecule has 1 fully saturated rings. The van der Waals surface area contributed by atoms with Gasteiger partial charge in [0, 0.05) is 38.3 Å². The molecule has 1 atom stereocenters. The standard InChI is InChI=1S/C13H29N3/c1-12(10-14-13(2,3)4)11-16-8-6-15(5)7-9-16/h12,14H,6-11H2,1-5H3. The Morgan fingerprint density at radius 2 is 1.69 bits per heavy atom. The Bertz CT molecular complexity index is 190. The van der Waals surface area contributed by atoms with Gasteiger partial charge in [0.05, 0.1) is 0 Å². The second-order valence-corrected chi connectivity index (χ2v) is 6.34. The normalized spacial score (nSPS) is 22.3. The predicted molar refractivity (Wildman–Crippen MR) is 70.9 cm³/mol. The highest BCUT2D eigenvalue weighted by Crippen LogP contribution is 2.06. The lowest BCUT2D eigenvalue weighted by Crippen LogP contribution is -2.47. The van der Waals surface area contributed by atoms with Crippen molar-refractivity contribution in [1.29, 1.82) is 0 Å². The zero-order chi connectivity index (χ0) is 12.2. The van der Waals surface area contributed by atoms with Crippen molar-refractivity contribution in [2.24, 2.45) is 5.92 Å². The SMILES string of the molecule is CC(CNC(C)(C)C)CN1CCN(C)CC1. The molecule has 0 aromatic carbocycles. The first-order valence-electron chi connectivity index (χ1n) is 6.53. The molecule has 0 aliphatic carbocycles. The summed E-state index contributed by atoms with van der Waals surface area (Å²) in [6, 6.07) is 0. The van der Waals surface area contributed by atoms with Crippen LogP contribution in [0, 0.1) is 5.92 Å². The van der Waals surface area contributed by atoms with Crippen LogP contribution in [0.25, 0.3) is 0 Å². The molecule has 3 nitrogen and oxygen atoms in total. The highest BCUT2D eigenvalue weighted by Gasteiger charge is 2.17. The molecule has 0 aromatic heterocycles. The summed E-state index contributed by atoms with van der Waals surface area (Å²) in [5.41, 5.74) is 0.246. The maximum atomic E-state index is 3.58. The molecule has 96 valence electrons. The van der Waals surface area contributed by atoms with Crippen LogP contribution in [0.5, 0.6) is 0 Å². The molecular weight excluding hydrogens is 198 g/mol. The average Bonchev–Trinajstić information content (AvgIpc) is 2.18. The average molecular weight is 227 g/mol. The zero-order valence-corrected chi connectivity index (χ0v) is 11.7. The van der Waals surface area contributed by atoms with Crippen LogP contribution >= 0.6 is 0 Å². The van der Waals surface area contributed by atoms with Gasteiger partial charge in [-0.05, 0) is 40.3 Å². The highest BCUT2D eigenvalue weighted by atomic mass is 15.2. The maximum absolute atomic E-state index is 3.58. The smallest absolute Gasteiger partial charge is 0.0110 e. The molecule has 0 saturated carbocycles. The Morgan fingerprint density at radius 3 is 2.19 bits per heavy atom. The van der Waals surface area contributed by atoms with Crippen molar-refractivity contribution in [3.63, 3.8) is 0 Å². The third kappa shape index (κ3) is 5.83. The van der Waals surface area contributed by atoms with Crippen molar-refractivity contribution in [2.75, 3.05) is 46.3 Å². The quantitative estimate of drug-likeness (QED) is 0.780. The first-order chi connectivity index (χ1) is 7.37. The molecule has 0 radical (unpaired) electrons. The lowest BCUT2D eigenvalue weighted by atomic mass is 10.1. The summed E-state index contributed by atoms with van der Waals surface area (Å²) in [7, 11) is 2.21. The van der Waals surface area contributed by atoms with E-state index in [0.29, 0.717) is 0 Å². The molecule has 1 heterocycles. The van der Waals surface area contributed by atoms with Gasteiger partial charge in [0.15, 0.2) is 0 Å². The second-order valence-electron chi connectivity index (χ2n) is 6.34. The van der Waals surface area contributed by atoms with Crippen LogP contribution in [-0.2, 0) is 0 Å². The molecule has 1 rings (SSSR count). The first kappa shape index (κ1) is 13.9. The Morgan fingerprint density at radius 1 is 1.12 bits per heavy atom. The van der Waals surface area contributed by atoms with Gasteiger partial charge in [0.2, 0.25) is 0 Å². The van der Waals surface area contributed by atoms with Crippen molar-refractivity contribution in [3.8, 4) is 0 Å². The summed E-state index contributed by atoms with van der Waals surface area (Å²) in [5.74, 6) is 0.739. The number of likely N-dealkylation sites (N-methyl/N-ethyl adjacent to an activating group) is 1. The lowest BCUT2D eigenvalue weighted by Gasteiger charge is -2.34. The first-order valence-corrected chi connectivity index (χ1v) is 6.53. The minimum Gasteiger partial charge on any atom is -0.312 e. The van der Waals surface area contributed by atoms with Gasteiger partial charge in [0.1, 0.15) is 0 Å². The Balaban J connectivity index is 2.16. The van der Waals surface area contributed by atoms with Gasteiger partial charge in [-0.1, -0.05) is 6.92 Å². The van der Waals surface area contributed by atoms with E-state index in [1.807, 2.05) is 0 Å². The van der Waals surface area contributed by atoms with Crippen LogP contribution in [0.3, 0.4) is 0 Å². The van der Waals surface area contributed by atoms with E-state index in [9.17, 15) is 0 Å². The molecule has 1 N–H and O–H groups in total. The minimum atomic E-state index is 0.246. The van der Waals surface area contributed by atoms with E-state index in [-0.39, 0.29) is 5.54 Å². The van der Waals surface area contributed by atoms with Crippen molar-refractivity contribution in [3.05, 3.63) is 0 Å². The molecule has 0 aromatic rings. The highest BCUT2D eigenvalue weighted by molar-refractivity contribution is 4.75. The van der Waals surface area contributed by atoms with Gasteiger partial charge in [-0.3, -0.25) is 0 Å². The Labute approximate surface area is 101 Å². The molecule has 1 unspecified atom stereocenters. The van der Waals surface area contributed by atoms with Crippen molar-refractivity contribution < 1.29 is 0 Å². The number of hydrogen-bond acceptors (Lipinski definition) is 3. The van der Waals surface area contributed by atoms with Crippen LogP contribution in [0.1, 0.15) is 27.7 Å². The number of rotatable bonds is 4. The summed E-state index contributed by atoms with van der Waals surface area (Å²) < 4.78 is 0. The number of nitrogens with zero attached hydrogens (tertiary/aromatic N) is 2. The summed E-state index contributed by atoms with van der Waals surface area (Å²) >= 11 is 0. The van der Waals surface area contributed by atoms with Crippen molar-refractivity contribution in [1.82, 2.24) is 15.1 Å². The molecule has 1 aliphatic rings. The van der Waals surface area contributed by atoms with E-state index in [1.165, 1.54) is 32.7 Å². The van der Waals surface area contributed by atoms with Crippen LogP contribution in [0.2, 0.25) is 0 Å². The van der Waals surface area contributed by atoms with Crippen molar-refractivity contribution in [2.45, 2.75) is 33.2 Å². The third-order valence-electron chi connectivity index (χ3n) is 3.15. The molecule has 1 saturated heterocycles. The zero-order valence-electron chi connectivity index (χ0n) is 11.7. The van der Waals surface area contributed by atoms with E-state index < -0.39 is 0 Å². The Hall–Kier alpha value is -0.120. The molecule has 0 amide bonds. The predicted octanol–water partition coefficient (Wildman–Crippen LogP) is 1.26. The summed E-state index contributed by atoms with van der Waals surface area (Å²) in [5, 5.41) is 3.58. The summed E-state index contributed by atoms with van der Waals surface area (Å²) in [4.78, 5) is 5.00. The maximum Gasteiger partial charge on any atom is 0.0110 e. The second kappa shape index (κ2) is 5.99. The van der Waals surface area contributed by atoms with E-state index >= 15 is 0 Å². The molecule has 0 spiro atoms. The fourth-order valence-corrected chi connectivity index (χ4v) is 2.02. The van der Waals surface area contributed by atoms with E-state index in [1.54, 1.807) is 0 Å². The third-order valence-corrected chi connectivity index (χ3v) is 3.15. The van der Waals surface area contributed by atoms with Gasteiger partial charge in [-0.25, -0.2) is 0 Å². The van der Waals surface area contributed by atoms with Crippen LogP contribution in [0.4, 0.5) is 0 Å². The van der Waals surface area contributed by atoms with E-state index in [2.05, 4.69) is 49.9 Å². The van der Waals surface area contributed by atoms with Gasteiger partial charge >= 0.3 is 0 Å². The molecule has 16 heavy (non-hydrogen) atoms.